The van der Waals surface area contributed by atoms with Gasteiger partial charge in [-0.25, -0.2) is 0 Å². The number of fused-ring (bicyclic) bond motifs is 2. The van der Waals surface area contributed by atoms with Crippen molar-refractivity contribution in [2.24, 2.45) is 0 Å². The summed E-state index contributed by atoms with van der Waals surface area (Å²) in [4.78, 5) is 26.7. The fraction of sp³-hybridized carbons (Fsp3) is 0.250. The van der Waals surface area contributed by atoms with Crippen molar-refractivity contribution >= 4 is 23.2 Å². The number of nitrogens with one attached hydrogen (secondary N) is 1. The molecule has 0 saturated heterocycles. The van der Waals surface area contributed by atoms with Gasteiger partial charge >= 0.3 is 0 Å². The Bertz CT molecular complexity index is 1100. The predicted octanol–water partition coefficient (Wildman–Crippen LogP) is 3.99. The fourth-order valence-corrected chi connectivity index (χ4v) is 4.22. The minimum absolute atomic E-state index is 0.0407. The van der Waals surface area contributed by atoms with E-state index in [1.165, 1.54) is 30.1 Å². The molecule has 1 N–H and O–H groups in total. The summed E-state index contributed by atoms with van der Waals surface area (Å²) in [6.07, 6.45) is 7.08. The zero-order valence-electron chi connectivity index (χ0n) is 16.5. The van der Waals surface area contributed by atoms with Gasteiger partial charge in [-0.15, -0.1) is 0 Å². The monoisotopic (exact) mass is 402 g/mol. The van der Waals surface area contributed by atoms with Crippen molar-refractivity contribution in [2.75, 3.05) is 23.4 Å². The normalized spacial score (nSPS) is 14.3. The zero-order valence-corrected chi connectivity index (χ0v) is 16.5. The van der Waals surface area contributed by atoms with Crippen molar-refractivity contribution in [3.63, 3.8) is 0 Å². The van der Waals surface area contributed by atoms with Gasteiger partial charge in [0.2, 0.25) is 0 Å². The largest absolute Gasteiger partial charge is 0.484 e. The molecule has 2 aromatic carbocycles. The van der Waals surface area contributed by atoms with Crippen molar-refractivity contribution in [1.82, 2.24) is 0 Å². The highest BCUT2D eigenvalue weighted by Gasteiger charge is 2.26. The SMILES string of the molecule is O=C(COc1ccc2c(c1)CCC2)Nc1ccc2c(c1)CCN2C(=O)c1ccoc1. The van der Waals surface area contributed by atoms with Crippen LogP contribution in [0.15, 0.2) is 59.4 Å². The Morgan fingerprint density at radius 1 is 1.00 bits per heavy atom. The molecule has 0 bridgehead atoms. The maximum Gasteiger partial charge on any atom is 0.262 e. The minimum Gasteiger partial charge on any atom is -0.484 e. The minimum atomic E-state index is -0.209. The topological polar surface area (TPSA) is 71.8 Å². The molecular formula is C24H22N2O4. The van der Waals surface area contributed by atoms with Gasteiger partial charge in [-0.2, -0.15) is 0 Å². The third-order valence-electron chi connectivity index (χ3n) is 5.71. The molecule has 2 aliphatic rings. The lowest BCUT2D eigenvalue weighted by molar-refractivity contribution is -0.118. The number of carbonyl (C=O) groups is 2. The molecule has 0 unspecified atom stereocenters. The summed E-state index contributed by atoms with van der Waals surface area (Å²) >= 11 is 0. The lowest BCUT2D eigenvalue weighted by Gasteiger charge is -2.16. The Labute approximate surface area is 174 Å². The van der Waals surface area contributed by atoms with Crippen molar-refractivity contribution in [3.8, 4) is 5.75 Å². The van der Waals surface area contributed by atoms with E-state index in [1.807, 2.05) is 30.3 Å². The lowest BCUT2D eigenvalue weighted by atomic mass is 10.1. The predicted molar refractivity (Wildman–Crippen MR) is 113 cm³/mol. The first kappa shape index (κ1) is 18.5. The Morgan fingerprint density at radius 2 is 1.90 bits per heavy atom. The molecule has 0 radical (unpaired) electrons. The van der Waals surface area contributed by atoms with Gasteiger partial charge in [0.15, 0.2) is 6.61 Å². The Morgan fingerprint density at radius 3 is 2.77 bits per heavy atom. The number of amides is 2. The van der Waals surface area contributed by atoms with Gasteiger partial charge in [-0.3, -0.25) is 9.59 Å². The van der Waals surface area contributed by atoms with E-state index >= 15 is 0 Å². The van der Waals surface area contributed by atoms with Crippen LogP contribution in [-0.4, -0.2) is 25.0 Å². The second-order valence-electron chi connectivity index (χ2n) is 7.68. The Hall–Kier alpha value is -3.54. The van der Waals surface area contributed by atoms with Gasteiger partial charge in [0.25, 0.3) is 11.8 Å². The number of hydrogen-bond acceptors (Lipinski definition) is 4. The first-order chi connectivity index (χ1) is 14.7. The molecule has 6 heteroatoms. The maximum absolute atomic E-state index is 12.6. The van der Waals surface area contributed by atoms with E-state index in [4.69, 9.17) is 9.15 Å². The molecule has 6 nitrogen and oxygen atoms in total. The molecule has 5 rings (SSSR count). The molecule has 0 saturated carbocycles. The summed E-state index contributed by atoms with van der Waals surface area (Å²) in [5.41, 5.74) is 5.84. The molecule has 2 amide bonds. The molecule has 152 valence electrons. The molecule has 2 heterocycles. The van der Waals surface area contributed by atoms with Gasteiger partial charge in [0, 0.05) is 17.9 Å². The van der Waals surface area contributed by atoms with Crippen LogP contribution in [-0.2, 0) is 24.1 Å². The van der Waals surface area contributed by atoms with Gasteiger partial charge in [-0.05, 0) is 78.8 Å². The highest BCUT2D eigenvalue weighted by Crippen LogP contribution is 2.32. The average molecular weight is 402 g/mol. The van der Waals surface area contributed by atoms with E-state index in [0.29, 0.717) is 17.8 Å². The second kappa shape index (κ2) is 7.71. The van der Waals surface area contributed by atoms with Crippen LogP contribution in [0.4, 0.5) is 11.4 Å². The van der Waals surface area contributed by atoms with E-state index in [1.54, 1.807) is 11.0 Å². The number of anilines is 2. The van der Waals surface area contributed by atoms with Crippen LogP contribution in [0.2, 0.25) is 0 Å². The molecular weight excluding hydrogens is 380 g/mol. The molecule has 0 fully saturated rings. The fourth-order valence-electron chi connectivity index (χ4n) is 4.22. The molecule has 0 atom stereocenters. The summed E-state index contributed by atoms with van der Waals surface area (Å²) < 4.78 is 10.7. The summed E-state index contributed by atoms with van der Waals surface area (Å²) in [5, 5.41) is 2.88. The number of ether oxygens (including phenoxy) is 1. The highest BCUT2D eigenvalue weighted by molar-refractivity contribution is 6.07. The van der Waals surface area contributed by atoms with Crippen molar-refractivity contribution in [1.29, 1.82) is 0 Å². The van der Waals surface area contributed by atoms with E-state index in [0.717, 1.165) is 36.3 Å². The second-order valence-corrected chi connectivity index (χ2v) is 7.68. The number of aryl methyl sites for hydroxylation is 2. The highest BCUT2D eigenvalue weighted by atomic mass is 16.5. The van der Waals surface area contributed by atoms with Gasteiger partial charge in [-0.1, -0.05) is 6.07 Å². The van der Waals surface area contributed by atoms with Crippen LogP contribution in [0.25, 0.3) is 0 Å². The summed E-state index contributed by atoms with van der Waals surface area (Å²) in [7, 11) is 0. The number of rotatable bonds is 5. The van der Waals surface area contributed by atoms with Crippen molar-refractivity contribution in [3.05, 3.63) is 77.2 Å². The zero-order chi connectivity index (χ0) is 20.5. The van der Waals surface area contributed by atoms with Gasteiger partial charge in [0.05, 0.1) is 11.8 Å². The quantitative estimate of drug-likeness (QED) is 0.701. The third-order valence-corrected chi connectivity index (χ3v) is 5.71. The molecule has 1 aromatic heterocycles. The molecule has 1 aliphatic heterocycles. The number of furan rings is 1. The van der Waals surface area contributed by atoms with Gasteiger partial charge < -0.3 is 19.4 Å². The van der Waals surface area contributed by atoms with E-state index in [-0.39, 0.29) is 18.4 Å². The van der Waals surface area contributed by atoms with Crippen LogP contribution in [0, 0.1) is 0 Å². The molecule has 3 aromatic rings. The lowest BCUT2D eigenvalue weighted by Crippen LogP contribution is -2.28. The molecule has 30 heavy (non-hydrogen) atoms. The first-order valence-electron chi connectivity index (χ1n) is 10.2. The average Bonchev–Trinajstić information content (AvgIpc) is 3.51. The summed E-state index contributed by atoms with van der Waals surface area (Å²) in [6.45, 7) is 0.569. The third kappa shape index (κ3) is 3.56. The summed E-state index contributed by atoms with van der Waals surface area (Å²) in [6, 6.07) is 13.3. The maximum atomic E-state index is 12.6. The number of benzene rings is 2. The van der Waals surface area contributed by atoms with E-state index in [2.05, 4.69) is 11.4 Å². The first-order valence-corrected chi connectivity index (χ1v) is 10.2. The number of nitrogens with zero attached hydrogens (tertiary/aromatic N) is 1. The van der Waals surface area contributed by atoms with Crippen LogP contribution in [0.3, 0.4) is 0 Å². The summed E-state index contributed by atoms with van der Waals surface area (Å²) in [5.74, 6) is 0.440. The number of carbonyl (C=O) groups excluding carboxylic acids is 2. The Balaban J connectivity index is 1.21. The molecule has 1 aliphatic carbocycles. The van der Waals surface area contributed by atoms with Crippen LogP contribution < -0.4 is 15.0 Å². The Kier molecular flexibility index (Phi) is 4.75. The van der Waals surface area contributed by atoms with E-state index in [9.17, 15) is 9.59 Å². The van der Waals surface area contributed by atoms with Crippen LogP contribution in [0.5, 0.6) is 5.75 Å². The van der Waals surface area contributed by atoms with Crippen LogP contribution >= 0.6 is 0 Å². The smallest absolute Gasteiger partial charge is 0.262 e. The van der Waals surface area contributed by atoms with E-state index < -0.39 is 0 Å². The number of hydrogen-bond donors (Lipinski definition) is 1. The molecule has 0 spiro atoms. The standard InChI is InChI=1S/C24H22N2O4/c27-23(15-30-21-6-4-16-2-1-3-17(16)13-21)25-20-5-7-22-18(12-20)8-10-26(22)24(28)19-9-11-29-14-19/h4-7,9,11-14H,1-3,8,10,15H2,(H,25,27). The van der Waals surface area contributed by atoms with Crippen molar-refractivity contribution < 1.29 is 18.7 Å². The van der Waals surface area contributed by atoms with Gasteiger partial charge in [0.1, 0.15) is 12.0 Å². The van der Waals surface area contributed by atoms with Crippen molar-refractivity contribution in [2.45, 2.75) is 25.7 Å². The van der Waals surface area contributed by atoms with Crippen LogP contribution in [0.1, 0.15) is 33.5 Å².